The molecule has 0 aromatic heterocycles. The van der Waals surface area contributed by atoms with Gasteiger partial charge in [0.25, 0.3) is 0 Å². The number of hydrogen-bond acceptors (Lipinski definition) is 2. The van der Waals surface area contributed by atoms with E-state index in [1.807, 2.05) is 6.92 Å². The molecule has 1 fully saturated rings. The largest absolute Gasteiger partial charge is 0.372 e. The highest BCUT2D eigenvalue weighted by molar-refractivity contribution is 9.10. The van der Waals surface area contributed by atoms with Crippen LogP contribution in [0.5, 0.6) is 0 Å². The summed E-state index contributed by atoms with van der Waals surface area (Å²) in [6.07, 6.45) is 2.80. The fourth-order valence-electron chi connectivity index (χ4n) is 2.11. The minimum atomic E-state index is 0.0805. The van der Waals surface area contributed by atoms with Gasteiger partial charge in [-0.1, -0.05) is 22.0 Å². The average Bonchev–Trinajstić information content (AvgIpc) is 3.09. The molecule has 2 N–H and O–H groups in total. The van der Waals surface area contributed by atoms with Crippen molar-refractivity contribution in [3.8, 4) is 0 Å². The van der Waals surface area contributed by atoms with Gasteiger partial charge in [0, 0.05) is 29.3 Å². The Bertz CT molecular complexity index is 386. The van der Waals surface area contributed by atoms with Crippen LogP contribution in [0, 0.1) is 5.92 Å². The number of anilines is 1. The standard InChI is InChI=1S/C14H21BrN2/c1-3-17(9-11-4-5-11)12-6-7-13(10(2)16)14(15)8-12/h6-8,10-11H,3-5,9,16H2,1-2H3/t10-/m1/s1. The van der Waals surface area contributed by atoms with E-state index in [1.54, 1.807) is 0 Å². The Morgan fingerprint density at radius 1 is 1.47 bits per heavy atom. The molecule has 2 rings (SSSR count). The van der Waals surface area contributed by atoms with Crippen LogP contribution in [-0.2, 0) is 0 Å². The van der Waals surface area contributed by atoms with Crippen LogP contribution < -0.4 is 10.6 Å². The molecule has 1 aromatic carbocycles. The first-order valence-corrected chi connectivity index (χ1v) is 7.21. The predicted molar refractivity (Wildman–Crippen MR) is 77.4 cm³/mol. The maximum absolute atomic E-state index is 5.92. The second-order valence-electron chi connectivity index (χ2n) is 4.98. The van der Waals surface area contributed by atoms with Gasteiger partial charge in [0.1, 0.15) is 0 Å². The fraction of sp³-hybridized carbons (Fsp3) is 0.571. The zero-order chi connectivity index (χ0) is 12.4. The Morgan fingerprint density at radius 2 is 2.18 bits per heavy atom. The topological polar surface area (TPSA) is 29.3 Å². The van der Waals surface area contributed by atoms with Crippen LogP contribution in [0.1, 0.15) is 38.3 Å². The Kier molecular flexibility index (Phi) is 4.10. The van der Waals surface area contributed by atoms with Crippen molar-refractivity contribution in [1.82, 2.24) is 0 Å². The smallest absolute Gasteiger partial charge is 0.0377 e. The summed E-state index contributed by atoms with van der Waals surface area (Å²) < 4.78 is 1.12. The third-order valence-corrected chi connectivity index (χ3v) is 4.08. The molecular weight excluding hydrogens is 276 g/mol. The van der Waals surface area contributed by atoms with Crippen molar-refractivity contribution in [2.24, 2.45) is 11.7 Å². The van der Waals surface area contributed by atoms with Crippen LogP contribution >= 0.6 is 15.9 Å². The number of halogens is 1. The van der Waals surface area contributed by atoms with Gasteiger partial charge in [-0.2, -0.15) is 0 Å². The Hall–Kier alpha value is -0.540. The number of hydrogen-bond donors (Lipinski definition) is 1. The normalized spacial score (nSPS) is 16.9. The molecular formula is C14H21BrN2. The first-order chi connectivity index (χ1) is 8.11. The molecule has 0 unspecified atom stereocenters. The Labute approximate surface area is 112 Å². The maximum Gasteiger partial charge on any atom is 0.0377 e. The predicted octanol–water partition coefficient (Wildman–Crippen LogP) is 3.71. The van der Waals surface area contributed by atoms with Crippen LogP contribution in [0.25, 0.3) is 0 Å². The van der Waals surface area contributed by atoms with Gasteiger partial charge < -0.3 is 10.6 Å². The van der Waals surface area contributed by atoms with Crippen molar-refractivity contribution in [3.63, 3.8) is 0 Å². The molecule has 0 amide bonds. The molecule has 3 heteroatoms. The Morgan fingerprint density at radius 3 is 2.65 bits per heavy atom. The van der Waals surface area contributed by atoms with Gasteiger partial charge in [-0.15, -0.1) is 0 Å². The van der Waals surface area contributed by atoms with E-state index in [9.17, 15) is 0 Å². The highest BCUT2D eigenvalue weighted by Gasteiger charge is 2.24. The maximum atomic E-state index is 5.92. The van der Waals surface area contributed by atoms with Crippen LogP contribution in [0.2, 0.25) is 0 Å². The van der Waals surface area contributed by atoms with E-state index in [4.69, 9.17) is 5.73 Å². The number of nitrogens with two attached hydrogens (primary N) is 1. The zero-order valence-electron chi connectivity index (χ0n) is 10.6. The van der Waals surface area contributed by atoms with Gasteiger partial charge in [-0.25, -0.2) is 0 Å². The number of rotatable bonds is 5. The molecule has 17 heavy (non-hydrogen) atoms. The van der Waals surface area contributed by atoms with E-state index < -0.39 is 0 Å². The lowest BCUT2D eigenvalue weighted by atomic mass is 10.1. The van der Waals surface area contributed by atoms with Crippen LogP contribution in [0.4, 0.5) is 5.69 Å². The first kappa shape index (κ1) is 12.9. The van der Waals surface area contributed by atoms with Gasteiger partial charge in [0.2, 0.25) is 0 Å². The molecule has 0 spiro atoms. The van der Waals surface area contributed by atoms with Crippen molar-refractivity contribution in [2.45, 2.75) is 32.7 Å². The highest BCUT2D eigenvalue weighted by atomic mass is 79.9. The molecule has 1 aromatic rings. The van der Waals surface area contributed by atoms with Gasteiger partial charge in [-0.05, 0) is 50.3 Å². The van der Waals surface area contributed by atoms with Gasteiger partial charge in [0.05, 0.1) is 0 Å². The zero-order valence-corrected chi connectivity index (χ0v) is 12.2. The summed E-state index contributed by atoms with van der Waals surface area (Å²) >= 11 is 3.62. The van der Waals surface area contributed by atoms with Crippen molar-refractivity contribution < 1.29 is 0 Å². The molecule has 0 heterocycles. The number of benzene rings is 1. The summed E-state index contributed by atoms with van der Waals surface area (Å²) in [5, 5.41) is 0. The van der Waals surface area contributed by atoms with Crippen LogP contribution in [0.3, 0.4) is 0 Å². The summed E-state index contributed by atoms with van der Waals surface area (Å²) in [5.41, 5.74) is 8.40. The average molecular weight is 297 g/mol. The molecule has 0 saturated heterocycles. The molecule has 0 radical (unpaired) electrons. The summed E-state index contributed by atoms with van der Waals surface area (Å²) in [4.78, 5) is 2.45. The van der Waals surface area contributed by atoms with E-state index in [-0.39, 0.29) is 6.04 Å². The third-order valence-electron chi connectivity index (χ3n) is 3.40. The summed E-state index contributed by atoms with van der Waals surface area (Å²) in [6.45, 7) is 6.50. The number of nitrogens with zero attached hydrogens (tertiary/aromatic N) is 1. The minimum absolute atomic E-state index is 0.0805. The van der Waals surface area contributed by atoms with Crippen molar-refractivity contribution in [2.75, 3.05) is 18.0 Å². The Balaban J connectivity index is 2.16. The van der Waals surface area contributed by atoms with E-state index in [0.29, 0.717) is 0 Å². The lowest BCUT2D eigenvalue weighted by molar-refractivity contribution is 0.740. The molecule has 1 saturated carbocycles. The lowest BCUT2D eigenvalue weighted by Crippen LogP contribution is -2.25. The van der Waals surface area contributed by atoms with E-state index in [0.717, 1.165) is 16.9 Å². The second kappa shape index (κ2) is 5.40. The summed E-state index contributed by atoms with van der Waals surface area (Å²) in [7, 11) is 0. The molecule has 2 nitrogen and oxygen atoms in total. The van der Waals surface area contributed by atoms with Crippen LogP contribution in [0.15, 0.2) is 22.7 Å². The fourth-order valence-corrected chi connectivity index (χ4v) is 2.84. The van der Waals surface area contributed by atoms with Gasteiger partial charge in [-0.3, -0.25) is 0 Å². The molecule has 0 bridgehead atoms. The SMILES string of the molecule is CCN(CC1CC1)c1ccc([C@@H](C)N)c(Br)c1. The van der Waals surface area contributed by atoms with Crippen molar-refractivity contribution in [1.29, 1.82) is 0 Å². The first-order valence-electron chi connectivity index (χ1n) is 6.41. The van der Waals surface area contributed by atoms with Crippen LogP contribution in [-0.4, -0.2) is 13.1 Å². The van der Waals surface area contributed by atoms with E-state index in [1.165, 1.54) is 30.6 Å². The van der Waals surface area contributed by atoms with E-state index in [2.05, 4.69) is 46.0 Å². The lowest BCUT2D eigenvalue weighted by Gasteiger charge is -2.24. The molecule has 94 valence electrons. The summed E-state index contributed by atoms with van der Waals surface area (Å²) in [5.74, 6) is 0.918. The second-order valence-corrected chi connectivity index (χ2v) is 5.83. The quantitative estimate of drug-likeness (QED) is 0.898. The minimum Gasteiger partial charge on any atom is -0.372 e. The highest BCUT2D eigenvalue weighted by Crippen LogP contribution is 2.33. The van der Waals surface area contributed by atoms with Crippen molar-refractivity contribution in [3.05, 3.63) is 28.2 Å². The molecule has 1 aliphatic carbocycles. The van der Waals surface area contributed by atoms with Gasteiger partial charge in [0.15, 0.2) is 0 Å². The third kappa shape index (κ3) is 3.23. The monoisotopic (exact) mass is 296 g/mol. The molecule has 1 atom stereocenters. The van der Waals surface area contributed by atoms with Crippen molar-refractivity contribution >= 4 is 21.6 Å². The molecule has 1 aliphatic rings. The molecule has 0 aliphatic heterocycles. The van der Waals surface area contributed by atoms with E-state index >= 15 is 0 Å². The van der Waals surface area contributed by atoms with Gasteiger partial charge >= 0.3 is 0 Å². The summed E-state index contributed by atoms with van der Waals surface area (Å²) in [6, 6.07) is 6.61.